The first-order valence-electron chi connectivity index (χ1n) is 8.94. The molecule has 1 aliphatic rings. The third-order valence-corrected chi connectivity index (χ3v) is 4.74. The van der Waals surface area contributed by atoms with E-state index in [4.69, 9.17) is 14.2 Å². The van der Waals surface area contributed by atoms with Crippen molar-refractivity contribution in [3.8, 4) is 11.5 Å². The van der Waals surface area contributed by atoms with E-state index in [1.807, 2.05) is 24.3 Å². The summed E-state index contributed by atoms with van der Waals surface area (Å²) in [6.07, 6.45) is 0. The van der Waals surface area contributed by atoms with Crippen molar-refractivity contribution in [2.75, 3.05) is 44.2 Å². The molecular formula is C21H26N2O4. The second-order valence-electron chi connectivity index (χ2n) is 7.06. The molecule has 0 saturated carbocycles. The summed E-state index contributed by atoms with van der Waals surface area (Å²) in [4.78, 5) is 15.1. The number of nitrogens with one attached hydrogen (secondary N) is 1. The van der Waals surface area contributed by atoms with E-state index in [-0.39, 0.29) is 11.4 Å². The topological polar surface area (TPSA) is 60.0 Å². The highest BCUT2D eigenvalue weighted by atomic mass is 16.5. The Labute approximate surface area is 160 Å². The van der Waals surface area contributed by atoms with Crippen LogP contribution in [0.1, 0.15) is 24.2 Å². The molecule has 0 spiro atoms. The smallest absolute Gasteiger partial charge is 0.263 e. The van der Waals surface area contributed by atoms with Crippen LogP contribution < -0.4 is 19.7 Å². The molecule has 0 aromatic heterocycles. The zero-order valence-corrected chi connectivity index (χ0v) is 16.2. The van der Waals surface area contributed by atoms with Gasteiger partial charge in [0.05, 0.1) is 33.0 Å². The summed E-state index contributed by atoms with van der Waals surface area (Å²) in [6.45, 7) is 6.58. The molecule has 1 amide bonds. The minimum absolute atomic E-state index is 0.0617. The molecule has 3 rings (SSSR count). The number of anilines is 2. The van der Waals surface area contributed by atoms with Crippen molar-refractivity contribution in [3.63, 3.8) is 0 Å². The standard InChI is InChI=1S/C21H26N2O4/c1-21(2)14-27-13-12-23(21)16-10-8-15(9-11-16)22-20(24)19-17(25-3)6-5-7-18(19)26-4/h5-11H,12-14H2,1-4H3,(H,22,24). The Kier molecular flexibility index (Phi) is 5.56. The molecule has 1 fully saturated rings. The number of hydrogen-bond acceptors (Lipinski definition) is 5. The van der Waals surface area contributed by atoms with Crippen molar-refractivity contribution < 1.29 is 19.0 Å². The van der Waals surface area contributed by atoms with Crippen molar-refractivity contribution >= 4 is 17.3 Å². The summed E-state index contributed by atoms with van der Waals surface area (Å²) < 4.78 is 16.2. The number of benzene rings is 2. The summed E-state index contributed by atoms with van der Waals surface area (Å²) in [5.41, 5.74) is 2.13. The van der Waals surface area contributed by atoms with Gasteiger partial charge < -0.3 is 24.4 Å². The lowest BCUT2D eigenvalue weighted by Crippen LogP contribution is -2.53. The van der Waals surface area contributed by atoms with E-state index in [1.165, 1.54) is 14.2 Å². The van der Waals surface area contributed by atoms with Crippen LogP contribution in [0.4, 0.5) is 11.4 Å². The van der Waals surface area contributed by atoms with Crippen LogP contribution in [-0.4, -0.2) is 45.4 Å². The van der Waals surface area contributed by atoms with Crippen LogP contribution in [0, 0.1) is 0 Å². The zero-order chi connectivity index (χ0) is 19.4. The highest BCUT2D eigenvalue weighted by Crippen LogP contribution is 2.30. The van der Waals surface area contributed by atoms with Gasteiger partial charge in [0.2, 0.25) is 0 Å². The van der Waals surface area contributed by atoms with Gasteiger partial charge in [0.1, 0.15) is 17.1 Å². The fraction of sp³-hybridized carbons (Fsp3) is 0.381. The Morgan fingerprint density at radius 2 is 1.70 bits per heavy atom. The maximum atomic E-state index is 12.8. The van der Waals surface area contributed by atoms with Crippen LogP contribution >= 0.6 is 0 Å². The van der Waals surface area contributed by atoms with Crippen LogP contribution in [0.3, 0.4) is 0 Å². The molecule has 6 heteroatoms. The number of carbonyl (C=O) groups excluding carboxylic acids is 1. The molecule has 0 aliphatic carbocycles. The van der Waals surface area contributed by atoms with Crippen LogP contribution in [0.5, 0.6) is 11.5 Å². The predicted molar refractivity (Wildman–Crippen MR) is 106 cm³/mol. The van der Waals surface area contributed by atoms with Crippen LogP contribution in [0.15, 0.2) is 42.5 Å². The minimum atomic E-state index is -0.274. The molecule has 0 bridgehead atoms. The first kappa shape index (κ1) is 19.0. The zero-order valence-electron chi connectivity index (χ0n) is 16.2. The predicted octanol–water partition coefficient (Wildman–Crippen LogP) is 3.57. The van der Waals surface area contributed by atoms with E-state index in [0.717, 1.165) is 18.8 Å². The maximum Gasteiger partial charge on any atom is 0.263 e. The largest absolute Gasteiger partial charge is 0.496 e. The summed E-state index contributed by atoms with van der Waals surface area (Å²) in [6, 6.07) is 13.1. The molecule has 0 unspecified atom stereocenters. The molecule has 2 aromatic carbocycles. The van der Waals surface area contributed by atoms with E-state index in [0.29, 0.717) is 29.4 Å². The van der Waals surface area contributed by atoms with Crippen molar-refractivity contribution in [1.29, 1.82) is 0 Å². The summed E-state index contributed by atoms with van der Waals surface area (Å²) >= 11 is 0. The Morgan fingerprint density at radius 1 is 1.07 bits per heavy atom. The monoisotopic (exact) mass is 370 g/mol. The quantitative estimate of drug-likeness (QED) is 0.872. The van der Waals surface area contributed by atoms with Gasteiger partial charge in [-0.1, -0.05) is 6.07 Å². The third-order valence-electron chi connectivity index (χ3n) is 4.74. The Balaban J connectivity index is 1.78. The number of morpholine rings is 1. The number of nitrogens with zero attached hydrogens (tertiary/aromatic N) is 1. The average Bonchev–Trinajstić information content (AvgIpc) is 2.67. The number of rotatable bonds is 5. The summed E-state index contributed by atoms with van der Waals surface area (Å²) in [7, 11) is 3.06. The second-order valence-corrected chi connectivity index (χ2v) is 7.06. The average molecular weight is 370 g/mol. The van der Waals surface area contributed by atoms with Gasteiger partial charge in [-0.15, -0.1) is 0 Å². The number of ether oxygens (including phenoxy) is 3. The number of hydrogen-bond donors (Lipinski definition) is 1. The molecule has 6 nitrogen and oxygen atoms in total. The third kappa shape index (κ3) is 4.01. The van der Waals surface area contributed by atoms with Crippen LogP contribution in [0.25, 0.3) is 0 Å². The Hall–Kier alpha value is -2.73. The molecule has 1 N–H and O–H groups in total. The number of carbonyl (C=O) groups is 1. The van der Waals surface area contributed by atoms with Crippen LogP contribution in [0.2, 0.25) is 0 Å². The first-order chi connectivity index (χ1) is 13.0. The number of methoxy groups -OCH3 is 2. The molecule has 2 aromatic rings. The van der Waals surface area contributed by atoms with Gasteiger partial charge in [0.15, 0.2) is 0 Å². The van der Waals surface area contributed by atoms with Crippen molar-refractivity contribution in [3.05, 3.63) is 48.0 Å². The highest BCUT2D eigenvalue weighted by Gasteiger charge is 2.30. The lowest BCUT2D eigenvalue weighted by Gasteiger charge is -2.43. The second kappa shape index (κ2) is 7.88. The molecule has 1 aliphatic heterocycles. The van der Waals surface area contributed by atoms with Gasteiger partial charge in [-0.2, -0.15) is 0 Å². The normalized spacial score (nSPS) is 15.9. The summed E-state index contributed by atoms with van der Waals surface area (Å²) in [5.74, 6) is 0.667. The minimum Gasteiger partial charge on any atom is -0.496 e. The molecule has 0 atom stereocenters. The molecular weight excluding hydrogens is 344 g/mol. The van der Waals surface area contributed by atoms with E-state index in [9.17, 15) is 4.79 Å². The molecule has 1 saturated heterocycles. The lowest BCUT2D eigenvalue weighted by atomic mass is 10.0. The van der Waals surface area contributed by atoms with E-state index in [1.54, 1.807) is 18.2 Å². The first-order valence-corrected chi connectivity index (χ1v) is 8.94. The Bertz CT molecular complexity index is 780. The van der Waals surface area contributed by atoms with Gasteiger partial charge in [-0.05, 0) is 50.2 Å². The van der Waals surface area contributed by atoms with Crippen molar-refractivity contribution in [2.24, 2.45) is 0 Å². The van der Waals surface area contributed by atoms with E-state index in [2.05, 4.69) is 24.1 Å². The molecule has 27 heavy (non-hydrogen) atoms. The van der Waals surface area contributed by atoms with E-state index >= 15 is 0 Å². The van der Waals surface area contributed by atoms with Crippen molar-refractivity contribution in [1.82, 2.24) is 0 Å². The van der Waals surface area contributed by atoms with E-state index < -0.39 is 0 Å². The SMILES string of the molecule is COc1cccc(OC)c1C(=O)Nc1ccc(N2CCOCC2(C)C)cc1. The Morgan fingerprint density at radius 3 is 2.26 bits per heavy atom. The van der Waals surface area contributed by atoms with Gasteiger partial charge in [0.25, 0.3) is 5.91 Å². The van der Waals surface area contributed by atoms with Gasteiger partial charge in [-0.3, -0.25) is 4.79 Å². The maximum absolute atomic E-state index is 12.8. The van der Waals surface area contributed by atoms with Gasteiger partial charge in [0, 0.05) is 17.9 Å². The fourth-order valence-electron chi connectivity index (χ4n) is 3.33. The molecule has 1 heterocycles. The summed E-state index contributed by atoms with van der Waals surface area (Å²) in [5, 5.41) is 2.92. The fourth-order valence-corrected chi connectivity index (χ4v) is 3.33. The molecule has 0 radical (unpaired) electrons. The lowest BCUT2D eigenvalue weighted by molar-refractivity contribution is 0.0644. The van der Waals surface area contributed by atoms with Crippen molar-refractivity contribution in [2.45, 2.75) is 19.4 Å². The van der Waals surface area contributed by atoms with Gasteiger partial charge in [-0.25, -0.2) is 0 Å². The number of amides is 1. The van der Waals surface area contributed by atoms with Gasteiger partial charge >= 0.3 is 0 Å². The van der Waals surface area contributed by atoms with Crippen LogP contribution in [-0.2, 0) is 4.74 Å². The highest BCUT2D eigenvalue weighted by molar-refractivity contribution is 6.08. The molecule has 144 valence electrons.